The minimum Gasteiger partial charge on any atom is -0.331 e. The smallest absolute Gasteiger partial charge is 0.178 e. The van der Waals surface area contributed by atoms with Gasteiger partial charge in [0.1, 0.15) is 0 Å². The molecule has 0 aliphatic carbocycles. The summed E-state index contributed by atoms with van der Waals surface area (Å²) < 4.78 is 4.97. The highest BCUT2D eigenvalue weighted by atomic mass is 32.1. The molecule has 3 rings (SSSR count). The normalized spacial score (nSPS) is 12.9. The molecule has 2 aromatic heterocycles. The maximum Gasteiger partial charge on any atom is 0.178 e. The van der Waals surface area contributed by atoms with Crippen LogP contribution in [0.3, 0.4) is 0 Å². The van der Waals surface area contributed by atoms with Gasteiger partial charge in [-0.1, -0.05) is 6.92 Å². The molecule has 0 aliphatic heterocycles. The summed E-state index contributed by atoms with van der Waals surface area (Å²) in [6, 6.07) is 6.67. The summed E-state index contributed by atoms with van der Waals surface area (Å²) in [5, 5.41) is 0. The third-order valence-electron chi connectivity index (χ3n) is 3.54. The van der Waals surface area contributed by atoms with E-state index in [-0.39, 0.29) is 0 Å². The van der Waals surface area contributed by atoms with Gasteiger partial charge in [0.05, 0.1) is 17.4 Å². The number of benzene rings is 1. The summed E-state index contributed by atoms with van der Waals surface area (Å²) in [7, 11) is 0. The van der Waals surface area contributed by atoms with Crippen molar-refractivity contribution in [2.24, 2.45) is 0 Å². The summed E-state index contributed by atoms with van der Waals surface area (Å²) in [5.74, 6) is 0. The van der Waals surface area contributed by atoms with Crippen LogP contribution in [0.4, 0.5) is 0 Å². The van der Waals surface area contributed by atoms with Crippen LogP contribution in [0.5, 0.6) is 0 Å². The van der Waals surface area contributed by atoms with Gasteiger partial charge >= 0.3 is 0 Å². The third-order valence-corrected chi connectivity index (χ3v) is 3.83. The highest BCUT2D eigenvalue weighted by molar-refractivity contribution is 7.71. The molecule has 0 radical (unpaired) electrons. The van der Waals surface area contributed by atoms with Crippen molar-refractivity contribution in [1.82, 2.24) is 19.1 Å². The van der Waals surface area contributed by atoms with Gasteiger partial charge in [0.2, 0.25) is 0 Å². The minimum atomic E-state index is 0.388. The number of aromatic amines is 1. The van der Waals surface area contributed by atoms with Crippen molar-refractivity contribution in [1.29, 1.82) is 0 Å². The summed E-state index contributed by atoms with van der Waals surface area (Å²) >= 11 is 5.43. The molecule has 0 saturated heterocycles. The van der Waals surface area contributed by atoms with E-state index in [1.807, 2.05) is 10.8 Å². The second-order valence-electron chi connectivity index (χ2n) is 4.73. The average Bonchev–Trinajstić information content (AvgIpc) is 3.03. The van der Waals surface area contributed by atoms with Crippen LogP contribution in [0.1, 0.15) is 26.3 Å². The molecule has 0 unspecified atom stereocenters. The summed E-state index contributed by atoms with van der Waals surface area (Å²) in [6.45, 7) is 4.36. The van der Waals surface area contributed by atoms with E-state index >= 15 is 0 Å². The van der Waals surface area contributed by atoms with Crippen LogP contribution in [-0.2, 0) is 0 Å². The molecule has 3 aromatic rings. The zero-order chi connectivity index (χ0) is 13.4. The van der Waals surface area contributed by atoms with Gasteiger partial charge in [0.15, 0.2) is 4.77 Å². The Bertz CT molecular complexity index is 751. The van der Waals surface area contributed by atoms with Crippen LogP contribution >= 0.6 is 12.2 Å². The third kappa shape index (κ3) is 2.00. The highest BCUT2D eigenvalue weighted by Gasteiger charge is 2.10. The molecule has 5 heteroatoms. The molecule has 0 spiro atoms. The highest BCUT2D eigenvalue weighted by Crippen LogP contribution is 2.23. The van der Waals surface area contributed by atoms with Gasteiger partial charge < -0.3 is 14.1 Å². The van der Waals surface area contributed by atoms with Gasteiger partial charge in [-0.3, -0.25) is 0 Å². The SMILES string of the molecule is CC[C@H](C)n1c(=S)[nH]c2ccc(-n3ccnc3)cc21. The Balaban J connectivity index is 2.24. The van der Waals surface area contributed by atoms with Crippen molar-refractivity contribution in [2.75, 3.05) is 0 Å². The number of nitrogens with zero attached hydrogens (tertiary/aromatic N) is 3. The van der Waals surface area contributed by atoms with Gasteiger partial charge in [0.25, 0.3) is 0 Å². The van der Waals surface area contributed by atoms with Crippen molar-refractivity contribution in [3.05, 3.63) is 41.7 Å². The maximum atomic E-state index is 5.43. The molecule has 0 aliphatic rings. The fourth-order valence-corrected chi connectivity index (χ4v) is 2.69. The largest absolute Gasteiger partial charge is 0.331 e. The molecule has 0 fully saturated rings. The molecule has 4 nitrogen and oxygen atoms in total. The predicted octanol–water partition coefficient (Wildman–Crippen LogP) is 3.86. The van der Waals surface area contributed by atoms with E-state index in [1.54, 1.807) is 12.5 Å². The molecule has 1 aromatic carbocycles. The number of fused-ring (bicyclic) bond motifs is 1. The molecule has 19 heavy (non-hydrogen) atoms. The Morgan fingerprint density at radius 1 is 1.42 bits per heavy atom. The van der Waals surface area contributed by atoms with E-state index in [0.717, 1.165) is 27.9 Å². The van der Waals surface area contributed by atoms with E-state index < -0.39 is 0 Å². The number of hydrogen-bond acceptors (Lipinski definition) is 2. The monoisotopic (exact) mass is 272 g/mol. The lowest BCUT2D eigenvalue weighted by atomic mass is 10.2. The Morgan fingerprint density at radius 3 is 2.95 bits per heavy atom. The van der Waals surface area contributed by atoms with Crippen LogP contribution in [0, 0.1) is 4.77 Å². The van der Waals surface area contributed by atoms with Gasteiger partial charge in [-0.05, 0) is 43.8 Å². The van der Waals surface area contributed by atoms with Gasteiger partial charge in [-0.15, -0.1) is 0 Å². The minimum absolute atomic E-state index is 0.388. The Morgan fingerprint density at radius 2 is 2.26 bits per heavy atom. The Labute approximate surface area is 116 Å². The van der Waals surface area contributed by atoms with E-state index in [9.17, 15) is 0 Å². The molecule has 1 N–H and O–H groups in total. The number of imidazole rings is 2. The first-order chi connectivity index (χ1) is 9.20. The van der Waals surface area contributed by atoms with Crippen molar-refractivity contribution in [3.8, 4) is 5.69 Å². The van der Waals surface area contributed by atoms with Crippen molar-refractivity contribution >= 4 is 23.3 Å². The van der Waals surface area contributed by atoms with Crippen LogP contribution in [0.2, 0.25) is 0 Å². The Hall–Kier alpha value is -1.88. The van der Waals surface area contributed by atoms with E-state index in [0.29, 0.717) is 6.04 Å². The molecular formula is C14H16N4S. The van der Waals surface area contributed by atoms with Crippen molar-refractivity contribution in [3.63, 3.8) is 0 Å². The van der Waals surface area contributed by atoms with Gasteiger partial charge in [-0.2, -0.15) is 0 Å². The number of aromatic nitrogens is 4. The lowest BCUT2D eigenvalue weighted by Gasteiger charge is -2.12. The first-order valence-electron chi connectivity index (χ1n) is 6.43. The Kier molecular flexibility index (Phi) is 2.98. The van der Waals surface area contributed by atoms with Gasteiger partial charge in [-0.25, -0.2) is 4.98 Å². The first-order valence-corrected chi connectivity index (χ1v) is 6.84. The van der Waals surface area contributed by atoms with E-state index in [4.69, 9.17) is 12.2 Å². The lowest BCUT2D eigenvalue weighted by molar-refractivity contribution is 0.539. The summed E-state index contributed by atoms with van der Waals surface area (Å²) in [5.41, 5.74) is 3.32. The molecule has 1 atom stereocenters. The zero-order valence-electron chi connectivity index (χ0n) is 11.0. The lowest BCUT2D eigenvalue weighted by Crippen LogP contribution is -2.03. The maximum absolute atomic E-state index is 5.43. The van der Waals surface area contributed by atoms with Crippen LogP contribution < -0.4 is 0 Å². The number of nitrogens with one attached hydrogen (secondary N) is 1. The second kappa shape index (κ2) is 4.66. The standard InChI is InChI=1S/C14H16N4S/c1-3-10(2)18-13-8-11(17-7-6-15-9-17)4-5-12(13)16-14(18)19/h4-10H,3H2,1-2H3,(H,16,19)/t10-/m0/s1. The predicted molar refractivity (Wildman–Crippen MR) is 79.2 cm³/mol. The van der Waals surface area contributed by atoms with Crippen LogP contribution in [0.25, 0.3) is 16.7 Å². The second-order valence-corrected chi connectivity index (χ2v) is 5.12. The van der Waals surface area contributed by atoms with Crippen molar-refractivity contribution in [2.45, 2.75) is 26.3 Å². The molecule has 0 saturated carbocycles. The number of hydrogen-bond donors (Lipinski definition) is 1. The van der Waals surface area contributed by atoms with Crippen LogP contribution in [0.15, 0.2) is 36.9 Å². The summed E-state index contributed by atoms with van der Waals surface area (Å²) in [6.07, 6.45) is 6.57. The van der Waals surface area contributed by atoms with E-state index in [2.05, 4.69) is 46.6 Å². The number of rotatable bonds is 3. The fourth-order valence-electron chi connectivity index (χ4n) is 2.30. The van der Waals surface area contributed by atoms with Crippen molar-refractivity contribution < 1.29 is 0 Å². The quantitative estimate of drug-likeness (QED) is 0.735. The molecule has 98 valence electrons. The summed E-state index contributed by atoms with van der Waals surface area (Å²) in [4.78, 5) is 7.35. The molecule has 2 heterocycles. The van der Waals surface area contributed by atoms with Crippen LogP contribution in [-0.4, -0.2) is 19.1 Å². The van der Waals surface area contributed by atoms with E-state index in [1.165, 1.54) is 0 Å². The first kappa shape index (κ1) is 12.2. The molecule has 0 amide bonds. The zero-order valence-corrected chi connectivity index (χ0v) is 11.8. The fraction of sp³-hybridized carbons (Fsp3) is 0.286. The topological polar surface area (TPSA) is 38.5 Å². The van der Waals surface area contributed by atoms with Gasteiger partial charge in [0, 0.05) is 24.1 Å². The number of H-pyrrole nitrogens is 1. The molecular weight excluding hydrogens is 256 g/mol. The average molecular weight is 272 g/mol. The molecule has 0 bridgehead atoms.